The van der Waals surface area contributed by atoms with Gasteiger partial charge in [-0.3, -0.25) is 14.6 Å². The number of aromatic nitrogens is 3. The van der Waals surface area contributed by atoms with Crippen LogP contribution in [0.1, 0.15) is 41.0 Å². The number of benzene rings is 1. The Bertz CT molecular complexity index is 1200. The highest BCUT2D eigenvalue weighted by molar-refractivity contribution is 7.10. The summed E-state index contributed by atoms with van der Waals surface area (Å²) >= 11 is 1.65. The first-order valence-corrected chi connectivity index (χ1v) is 11.0. The smallest absolute Gasteiger partial charge is 0.271 e. The van der Waals surface area contributed by atoms with Gasteiger partial charge in [-0.05, 0) is 48.2 Å². The Morgan fingerprint density at radius 1 is 1.06 bits per heavy atom. The number of nitrogens with zero attached hydrogens (tertiary/aromatic N) is 3. The van der Waals surface area contributed by atoms with Crippen molar-refractivity contribution in [1.29, 1.82) is 0 Å². The molecule has 1 atom stereocenters. The number of pyridine rings is 1. The lowest BCUT2D eigenvalue weighted by molar-refractivity contribution is 0.0935. The second-order valence-electron chi connectivity index (χ2n) is 7.08. The average Bonchev–Trinajstić information content (AvgIpc) is 3.35. The van der Waals surface area contributed by atoms with Gasteiger partial charge in [0.15, 0.2) is 0 Å². The zero-order valence-corrected chi connectivity index (χ0v) is 17.9. The van der Waals surface area contributed by atoms with Gasteiger partial charge in [0.25, 0.3) is 11.5 Å². The van der Waals surface area contributed by atoms with Gasteiger partial charge < -0.3 is 5.32 Å². The summed E-state index contributed by atoms with van der Waals surface area (Å²) in [4.78, 5) is 30.1. The third-order valence-corrected chi connectivity index (χ3v) is 5.91. The second-order valence-corrected chi connectivity index (χ2v) is 8.06. The fraction of sp³-hybridized carbons (Fsp3) is 0.167. The first kappa shape index (κ1) is 20.7. The van der Waals surface area contributed by atoms with Crippen molar-refractivity contribution < 1.29 is 4.79 Å². The Labute approximate surface area is 184 Å². The van der Waals surface area contributed by atoms with Crippen LogP contribution in [0.25, 0.3) is 16.9 Å². The van der Waals surface area contributed by atoms with E-state index in [2.05, 4.69) is 28.4 Å². The lowest BCUT2D eigenvalue weighted by Crippen LogP contribution is -2.27. The highest BCUT2D eigenvalue weighted by atomic mass is 32.1. The van der Waals surface area contributed by atoms with Crippen LogP contribution in [0.15, 0.2) is 83.2 Å². The van der Waals surface area contributed by atoms with Crippen LogP contribution in [-0.4, -0.2) is 20.7 Å². The SMILES string of the molecule is CCCC(NC(=O)c1ccc(-c2ccc(=O)n(-c3ccncc3)n2)cc1)c1cccs1. The van der Waals surface area contributed by atoms with Crippen LogP contribution in [0.4, 0.5) is 0 Å². The molecule has 31 heavy (non-hydrogen) atoms. The van der Waals surface area contributed by atoms with Crippen LogP contribution in [0.2, 0.25) is 0 Å². The zero-order valence-electron chi connectivity index (χ0n) is 17.1. The monoisotopic (exact) mass is 430 g/mol. The first-order chi connectivity index (χ1) is 15.2. The standard InChI is InChI=1S/C24H22N4O2S/c1-2-4-21(22-5-3-16-31-22)26-24(30)18-8-6-17(7-9-18)20-10-11-23(29)28(27-20)19-12-14-25-15-13-19/h3,5-16,21H,2,4H2,1H3,(H,26,30). The lowest BCUT2D eigenvalue weighted by atomic mass is 10.1. The van der Waals surface area contributed by atoms with Gasteiger partial charge in [0.1, 0.15) is 0 Å². The van der Waals surface area contributed by atoms with Crippen molar-refractivity contribution in [2.45, 2.75) is 25.8 Å². The van der Waals surface area contributed by atoms with Crippen molar-refractivity contribution >= 4 is 17.2 Å². The van der Waals surface area contributed by atoms with Gasteiger partial charge >= 0.3 is 0 Å². The molecular formula is C24H22N4O2S. The summed E-state index contributed by atoms with van der Waals surface area (Å²) in [6.07, 6.45) is 5.11. The molecule has 1 amide bonds. The van der Waals surface area contributed by atoms with Gasteiger partial charge in [0, 0.05) is 34.5 Å². The molecule has 3 aromatic heterocycles. The van der Waals surface area contributed by atoms with Gasteiger partial charge in [-0.2, -0.15) is 9.78 Å². The third-order valence-electron chi connectivity index (χ3n) is 4.92. The van der Waals surface area contributed by atoms with E-state index < -0.39 is 0 Å². The molecule has 4 rings (SSSR count). The molecule has 0 bridgehead atoms. The topological polar surface area (TPSA) is 76.9 Å². The number of hydrogen-bond donors (Lipinski definition) is 1. The van der Waals surface area contributed by atoms with E-state index in [0.29, 0.717) is 16.9 Å². The maximum absolute atomic E-state index is 12.8. The molecule has 0 aliphatic rings. The van der Waals surface area contributed by atoms with Crippen LogP contribution in [0.3, 0.4) is 0 Å². The van der Waals surface area contributed by atoms with Gasteiger partial charge in [-0.1, -0.05) is 31.5 Å². The normalized spacial score (nSPS) is 11.8. The maximum atomic E-state index is 12.8. The van der Waals surface area contributed by atoms with Crippen molar-refractivity contribution in [2.75, 3.05) is 0 Å². The Hall–Kier alpha value is -3.58. The molecule has 0 saturated heterocycles. The van der Waals surface area contributed by atoms with Crippen molar-refractivity contribution in [3.8, 4) is 16.9 Å². The highest BCUT2D eigenvalue weighted by Crippen LogP contribution is 2.24. The summed E-state index contributed by atoms with van der Waals surface area (Å²) in [5, 5.41) is 9.63. The molecule has 1 unspecified atom stereocenters. The van der Waals surface area contributed by atoms with E-state index in [-0.39, 0.29) is 17.5 Å². The van der Waals surface area contributed by atoms with Crippen LogP contribution >= 0.6 is 11.3 Å². The largest absolute Gasteiger partial charge is 0.344 e. The average molecular weight is 431 g/mol. The van der Waals surface area contributed by atoms with Crippen molar-refractivity contribution in [3.63, 3.8) is 0 Å². The second kappa shape index (κ2) is 9.49. The van der Waals surface area contributed by atoms with E-state index in [1.54, 1.807) is 54.1 Å². The number of amides is 1. The van der Waals surface area contributed by atoms with Gasteiger partial charge in [0.2, 0.25) is 0 Å². The Morgan fingerprint density at radius 3 is 2.52 bits per heavy atom. The minimum Gasteiger partial charge on any atom is -0.344 e. The van der Waals surface area contributed by atoms with E-state index in [9.17, 15) is 9.59 Å². The van der Waals surface area contributed by atoms with Crippen molar-refractivity contribution in [3.05, 3.63) is 99.2 Å². The molecular weight excluding hydrogens is 408 g/mol. The molecule has 0 spiro atoms. The summed E-state index contributed by atoms with van der Waals surface area (Å²) in [7, 11) is 0. The lowest BCUT2D eigenvalue weighted by Gasteiger charge is -2.17. The summed E-state index contributed by atoms with van der Waals surface area (Å²) < 4.78 is 1.34. The number of carbonyl (C=O) groups is 1. The third kappa shape index (κ3) is 4.78. The van der Waals surface area contributed by atoms with Crippen LogP contribution in [0, 0.1) is 0 Å². The number of nitrogens with one attached hydrogen (secondary N) is 1. The minimum absolute atomic E-state index is 0.0164. The van der Waals surface area contributed by atoms with E-state index in [4.69, 9.17) is 0 Å². The van der Waals surface area contributed by atoms with E-state index in [1.807, 2.05) is 23.6 Å². The molecule has 7 heteroatoms. The molecule has 1 aromatic carbocycles. The molecule has 1 N–H and O–H groups in total. The molecule has 0 saturated carbocycles. The van der Waals surface area contributed by atoms with E-state index in [1.165, 1.54) is 10.7 Å². The summed E-state index contributed by atoms with van der Waals surface area (Å²) in [6, 6.07) is 18.0. The van der Waals surface area contributed by atoms with Crippen molar-refractivity contribution in [1.82, 2.24) is 20.1 Å². The minimum atomic E-state index is -0.221. The fourth-order valence-corrected chi connectivity index (χ4v) is 4.15. The number of carbonyl (C=O) groups excluding carboxylic acids is 1. The molecule has 156 valence electrons. The highest BCUT2D eigenvalue weighted by Gasteiger charge is 2.16. The molecule has 0 aliphatic heterocycles. The molecule has 6 nitrogen and oxygen atoms in total. The summed E-state index contributed by atoms with van der Waals surface area (Å²) in [6.45, 7) is 2.11. The maximum Gasteiger partial charge on any atom is 0.271 e. The number of thiophene rings is 1. The quantitative estimate of drug-likeness (QED) is 0.464. The zero-order chi connectivity index (χ0) is 21.6. The molecule has 3 heterocycles. The predicted molar refractivity (Wildman–Crippen MR) is 122 cm³/mol. The van der Waals surface area contributed by atoms with E-state index >= 15 is 0 Å². The van der Waals surface area contributed by atoms with Gasteiger partial charge in [-0.25, -0.2) is 0 Å². The fourth-order valence-electron chi connectivity index (χ4n) is 3.33. The molecule has 4 aromatic rings. The molecule has 0 aliphatic carbocycles. The number of hydrogen-bond acceptors (Lipinski definition) is 5. The van der Waals surface area contributed by atoms with Crippen molar-refractivity contribution in [2.24, 2.45) is 0 Å². The summed E-state index contributed by atoms with van der Waals surface area (Å²) in [5.41, 5.74) is 2.48. The van der Waals surface area contributed by atoms with Gasteiger partial charge in [-0.15, -0.1) is 11.3 Å². The van der Waals surface area contributed by atoms with Crippen LogP contribution in [0.5, 0.6) is 0 Å². The Balaban J connectivity index is 1.54. The first-order valence-electron chi connectivity index (χ1n) is 10.1. The Morgan fingerprint density at radius 2 is 1.84 bits per heavy atom. The predicted octanol–water partition coefficient (Wildman–Crippen LogP) is 4.63. The Kier molecular flexibility index (Phi) is 6.33. The summed E-state index contributed by atoms with van der Waals surface area (Å²) in [5.74, 6) is -0.104. The van der Waals surface area contributed by atoms with Gasteiger partial charge in [0.05, 0.1) is 17.4 Å². The molecule has 0 fully saturated rings. The molecule has 0 radical (unpaired) electrons. The van der Waals surface area contributed by atoms with Crippen LogP contribution < -0.4 is 10.9 Å². The van der Waals surface area contributed by atoms with E-state index in [0.717, 1.165) is 23.3 Å². The van der Waals surface area contributed by atoms with Crippen LogP contribution in [-0.2, 0) is 0 Å². The number of rotatable bonds is 7.